The van der Waals surface area contributed by atoms with Gasteiger partial charge in [0.15, 0.2) is 27.4 Å². The average molecular weight is 620 g/mol. The number of aliphatic hydroxyl groups excluding tert-OH is 1. The lowest BCUT2D eigenvalue weighted by molar-refractivity contribution is -0.117. The Balaban J connectivity index is 1.40. The van der Waals surface area contributed by atoms with Gasteiger partial charge in [0.05, 0.1) is 18.2 Å². The second-order valence-corrected chi connectivity index (χ2v) is 11.8. The highest BCUT2D eigenvalue weighted by Gasteiger charge is 2.47. The van der Waals surface area contributed by atoms with E-state index in [1.54, 1.807) is 43.3 Å². The number of phenols is 1. The summed E-state index contributed by atoms with van der Waals surface area (Å²) in [5, 5.41) is 31.4. The zero-order valence-electron chi connectivity index (χ0n) is 22.0. The third-order valence-corrected chi connectivity index (χ3v) is 9.09. The van der Waals surface area contributed by atoms with Gasteiger partial charge in [0.1, 0.15) is 5.58 Å². The molecule has 42 heavy (non-hydrogen) atoms. The van der Waals surface area contributed by atoms with E-state index < -0.39 is 23.5 Å². The molecule has 1 atom stereocenters. The topological polar surface area (TPSA) is 126 Å². The number of hydrogen-bond acceptors (Lipinski definition) is 10. The van der Waals surface area contributed by atoms with Crippen LogP contribution in [0.3, 0.4) is 0 Å². The Labute approximate surface area is 253 Å². The number of aromatic hydroxyl groups is 1. The van der Waals surface area contributed by atoms with E-state index in [0.717, 1.165) is 16.9 Å². The zero-order chi connectivity index (χ0) is 29.4. The van der Waals surface area contributed by atoms with E-state index in [9.17, 15) is 19.8 Å². The molecular formula is C30H22ClN3O6S2. The summed E-state index contributed by atoms with van der Waals surface area (Å²) in [6.45, 7) is 2.04. The van der Waals surface area contributed by atoms with E-state index in [0.29, 0.717) is 31.6 Å². The van der Waals surface area contributed by atoms with Crippen LogP contribution in [0.1, 0.15) is 34.6 Å². The fourth-order valence-electron chi connectivity index (χ4n) is 4.66. The largest absolute Gasteiger partial charge is 0.504 e. The van der Waals surface area contributed by atoms with E-state index in [1.165, 1.54) is 28.8 Å². The minimum absolute atomic E-state index is 0.0329. The number of carbonyl (C=O) groups excluding carboxylic acids is 2. The van der Waals surface area contributed by atoms with Crippen molar-refractivity contribution < 1.29 is 29.0 Å². The maximum Gasteiger partial charge on any atom is 0.296 e. The van der Waals surface area contributed by atoms with Crippen molar-refractivity contribution in [3.8, 4) is 11.5 Å². The lowest BCUT2D eigenvalue weighted by Gasteiger charge is -2.24. The Morgan fingerprint density at radius 2 is 1.88 bits per heavy atom. The molecule has 1 aliphatic heterocycles. The Hall–Kier alpha value is -4.32. The number of carbonyl (C=O) groups is 2. The summed E-state index contributed by atoms with van der Waals surface area (Å²) in [5.74, 6) is -1.65. The molecule has 5 aromatic rings. The second kappa shape index (κ2) is 11.5. The molecule has 3 aromatic carbocycles. The number of Topliss-reactive ketones (excluding diaryl/α,β-unsaturated/α-hetero) is 1. The summed E-state index contributed by atoms with van der Waals surface area (Å²) in [6.07, 6.45) is 0. The molecular weight excluding hydrogens is 598 g/mol. The van der Waals surface area contributed by atoms with Gasteiger partial charge in [-0.2, -0.15) is 0 Å². The van der Waals surface area contributed by atoms with Gasteiger partial charge in [-0.25, -0.2) is 0 Å². The van der Waals surface area contributed by atoms with Crippen molar-refractivity contribution in [2.24, 2.45) is 0 Å². The predicted octanol–water partition coefficient (Wildman–Crippen LogP) is 7.12. The van der Waals surface area contributed by atoms with E-state index in [4.69, 9.17) is 20.8 Å². The second-order valence-electron chi connectivity index (χ2n) is 9.21. The van der Waals surface area contributed by atoms with Gasteiger partial charge in [-0.05, 0) is 48.4 Å². The first-order valence-electron chi connectivity index (χ1n) is 12.8. The third kappa shape index (κ3) is 5.11. The molecule has 3 heterocycles. The number of ether oxygens (including phenoxy) is 1. The first-order valence-corrected chi connectivity index (χ1v) is 15.0. The van der Waals surface area contributed by atoms with Crippen molar-refractivity contribution in [1.29, 1.82) is 0 Å². The molecule has 0 bridgehead atoms. The molecule has 1 amide bonds. The number of amides is 1. The summed E-state index contributed by atoms with van der Waals surface area (Å²) in [4.78, 5) is 28.7. The van der Waals surface area contributed by atoms with Gasteiger partial charge in [0.25, 0.3) is 5.91 Å². The molecule has 0 saturated heterocycles. The summed E-state index contributed by atoms with van der Waals surface area (Å²) in [6, 6.07) is 19.5. The zero-order valence-corrected chi connectivity index (χ0v) is 24.4. The van der Waals surface area contributed by atoms with Crippen LogP contribution in [-0.2, 0) is 10.5 Å². The summed E-state index contributed by atoms with van der Waals surface area (Å²) in [5.41, 5.74) is 1.63. The number of benzene rings is 3. The number of phenolic OH excluding ortho intramolecular Hbond substituents is 1. The molecule has 2 aromatic heterocycles. The molecule has 0 spiro atoms. The van der Waals surface area contributed by atoms with Crippen molar-refractivity contribution in [3.63, 3.8) is 0 Å². The van der Waals surface area contributed by atoms with E-state index in [1.807, 2.05) is 24.3 Å². The monoisotopic (exact) mass is 619 g/mol. The number of fused-ring (bicyclic) bond motifs is 1. The van der Waals surface area contributed by atoms with Crippen molar-refractivity contribution in [2.75, 3.05) is 11.5 Å². The fraction of sp³-hybridized carbons (Fsp3) is 0.133. The standard InChI is InChI=1S/C30H22ClN3O6S2/c1-2-39-22-14-17(11-12-20(22)35)25-24(26(36)23-13-16-7-4-6-10-21(16)40-23)27(37)28(38)34(25)29-32-33-30(42-29)41-15-18-8-3-5-9-19(18)31/h3-14,25,35,37H,2,15H2,1H3/t25-/m0/s1. The van der Waals surface area contributed by atoms with E-state index >= 15 is 0 Å². The van der Waals surface area contributed by atoms with Gasteiger partial charge in [0, 0.05) is 16.2 Å². The molecule has 2 N–H and O–H groups in total. The Morgan fingerprint density at radius 1 is 1.10 bits per heavy atom. The normalized spacial score (nSPS) is 15.1. The van der Waals surface area contributed by atoms with Crippen LogP contribution in [0.5, 0.6) is 11.5 Å². The van der Waals surface area contributed by atoms with Gasteiger partial charge in [-0.3, -0.25) is 14.5 Å². The third-order valence-electron chi connectivity index (χ3n) is 6.61. The van der Waals surface area contributed by atoms with Gasteiger partial charge in [0.2, 0.25) is 10.9 Å². The Morgan fingerprint density at radius 3 is 2.67 bits per heavy atom. The lowest BCUT2D eigenvalue weighted by Crippen LogP contribution is -2.31. The fourth-order valence-corrected chi connectivity index (χ4v) is 6.81. The molecule has 0 radical (unpaired) electrons. The van der Waals surface area contributed by atoms with Crippen molar-refractivity contribution in [1.82, 2.24) is 10.2 Å². The summed E-state index contributed by atoms with van der Waals surface area (Å²) >= 11 is 8.83. The van der Waals surface area contributed by atoms with Crippen LogP contribution in [0, 0.1) is 0 Å². The number of para-hydroxylation sites is 1. The molecule has 0 saturated carbocycles. The van der Waals surface area contributed by atoms with Crippen LogP contribution in [0.15, 0.2) is 92.9 Å². The number of hydrogen-bond donors (Lipinski definition) is 2. The molecule has 6 rings (SSSR count). The number of furan rings is 1. The quantitative estimate of drug-likeness (QED) is 0.101. The molecule has 9 nitrogen and oxygen atoms in total. The molecule has 0 fully saturated rings. The van der Waals surface area contributed by atoms with Crippen LogP contribution in [0.25, 0.3) is 11.0 Å². The number of rotatable bonds is 9. The van der Waals surface area contributed by atoms with Gasteiger partial charge in [-0.1, -0.05) is 77.2 Å². The van der Waals surface area contributed by atoms with Crippen LogP contribution >= 0.6 is 34.7 Å². The number of anilines is 1. The minimum Gasteiger partial charge on any atom is -0.504 e. The van der Waals surface area contributed by atoms with Crippen LogP contribution < -0.4 is 9.64 Å². The van der Waals surface area contributed by atoms with E-state index in [-0.39, 0.29) is 34.6 Å². The first-order chi connectivity index (χ1) is 20.4. The maximum absolute atomic E-state index is 13.9. The number of thioether (sulfide) groups is 1. The predicted molar refractivity (Wildman–Crippen MR) is 161 cm³/mol. The molecule has 1 aliphatic rings. The van der Waals surface area contributed by atoms with Gasteiger partial charge >= 0.3 is 0 Å². The average Bonchev–Trinajstić information content (AvgIpc) is 3.70. The van der Waals surface area contributed by atoms with Crippen molar-refractivity contribution in [3.05, 3.63) is 106 Å². The highest BCUT2D eigenvalue weighted by atomic mass is 35.5. The van der Waals surface area contributed by atoms with Gasteiger partial charge in [-0.15, -0.1) is 10.2 Å². The number of aliphatic hydroxyl groups is 1. The molecule has 0 aliphatic carbocycles. The highest BCUT2D eigenvalue weighted by Crippen LogP contribution is 2.45. The van der Waals surface area contributed by atoms with Gasteiger partial charge < -0.3 is 19.4 Å². The van der Waals surface area contributed by atoms with Crippen LogP contribution in [-0.4, -0.2) is 38.7 Å². The maximum atomic E-state index is 13.9. The van der Waals surface area contributed by atoms with Crippen LogP contribution in [0.4, 0.5) is 5.13 Å². The van der Waals surface area contributed by atoms with E-state index in [2.05, 4.69) is 10.2 Å². The lowest BCUT2D eigenvalue weighted by atomic mass is 9.95. The molecule has 212 valence electrons. The number of aromatic nitrogens is 2. The Kier molecular flexibility index (Phi) is 7.63. The minimum atomic E-state index is -1.10. The number of ketones is 1. The van der Waals surface area contributed by atoms with Crippen molar-refractivity contribution >= 4 is 62.5 Å². The number of halogens is 1. The SMILES string of the molecule is CCOc1cc([C@H]2C(C(=O)c3cc4ccccc4o3)=C(O)C(=O)N2c2nnc(SCc3ccccc3Cl)s2)ccc1O. The van der Waals surface area contributed by atoms with Crippen LogP contribution in [0.2, 0.25) is 5.02 Å². The highest BCUT2D eigenvalue weighted by molar-refractivity contribution is 8.00. The first kappa shape index (κ1) is 27.8. The molecule has 12 heteroatoms. The summed E-state index contributed by atoms with van der Waals surface area (Å²) in [7, 11) is 0. The van der Waals surface area contributed by atoms with Crippen molar-refractivity contribution in [2.45, 2.75) is 23.1 Å². The Bertz CT molecular complexity index is 1830. The number of nitrogens with zero attached hydrogens (tertiary/aromatic N) is 3. The molecule has 0 unspecified atom stereocenters. The summed E-state index contributed by atoms with van der Waals surface area (Å²) < 4.78 is 11.9. The smallest absolute Gasteiger partial charge is 0.296 e.